The second-order valence-corrected chi connectivity index (χ2v) is 8.83. The van der Waals surface area contributed by atoms with Crippen LogP contribution < -0.4 is 5.32 Å². The highest BCUT2D eigenvalue weighted by Gasteiger charge is 2.34. The van der Waals surface area contributed by atoms with Crippen LogP contribution in [0.2, 0.25) is 0 Å². The predicted octanol–water partition coefficient (Wildman–Crippen LogP) is 3.07. The Labute approximate surface area is 148 Å². The Morgan fingerprint density at radius 2 is 1.92 bits per heavy atom. The van der Waals surface area contributed by atoms with Gasteiger partial charge in [-0.05, 0) is 36.4 Å². The molecule has 2 aromatic rings. The predicted molar refractivity (Wildman–Crippen MR) is 90.8 cm³/mol. The molecule has 1 amide bonds. The van der Waals surface area contributed by atoms with Crippen LogP contribution in [0.5, 0.6) is 0 Å². The van der Waals surface area contributed by atoms with Crippen LogP contribution in [0.3, 0.4) is 0 Å². The van der Waals surface area contributed by atoms with Crippen molar-refractivity contribution in [3.63, 3.8) is 0 Å². The number of benzene rings is 1. The molecule has 134 valence electrons. The van der Waals surface area contributed by atoms with Crippen LogP contribution in [-0.4, -0.2) is 31.7 Å². The van der Waals surface area contributed by atoms with E-state index in [1.807, 2.05) is 0 Å². The van der Waals surface area contributed by atoms with E-state index in [0.29, 0.717) is 19.4 Å². The van der Waals surface area contributed by atoms with Gasteiger partial charge in [-0.15, -0.1) is 11.3 Å². The summed E-state index contributed by atoms with van der Waals surface area (Å²) in [4.78, 5) is 12.4. The lowest BCUT2D eigenvalue weighted by molar-refractivity contribution is -0.120. The number of hydrogen-bond donors (Lipinski definition) is 1. The Balaban J connectivity index is 1.74. The molecule has 0 radical (unpaired) electrons. The number of amides is 1. The number of thiophene rings is 1. The second-order valence-electron chi connectivity index (χ2n) is 5.72. The summed E-state index contributed by atoms with van der Waals surface area (Å²) in [5.74, 6) is -2.99. The van der Waals surface area contributed by atoms with Gasteiger partial charge in [-0.2, -0.15) is 4.31 Å². The molecule has 0 spiro atoms. The van der Waals surface area contributed by atoms with Gasteiger partial charge >= 0.3 is 0 Å². The molecule has 1 aliphatic rings. The summed E-state index contributed by atoms with van der Waals surface area (Å²) in [5.41, 5.74) is -0.509. The van der Waals surface area contributed by atoms with Crippen molar-refractivity contribution in [2.24, 2.45) is 5.92 Å². The molecule has 1 unspecified atom stereocenters. The number of rotatable bonds is 4. The van der Waals surface area contributed by atoms with E-state index in [1.54, 1.807) is 11.4 Å². The Morgan fingerprint density at radius 1 is 1.20 bits per heavy atom. The van der Waals surface area contributed by atoms with E-state index in [0.717, 1.165) is 23.5 Å². The lowest BCUT2D eigenvalue weighted by Gasteiger charge is -2.30. The number of nitrogens with zero attached hydrogens (tertiary/aromatic N) is 1. The first-order valence-corrected chi connectivity index (χ1v) is 10.00. The van der Waals surface area contributed by atoms with Crippen LogP contribution in [0.4, 0.5) is 14.5 Å². The van der Waals surface area contributed by atoms with Crippen LogP contribution in [0.15, 0.2) is 39.9 Å². The molecule has 1 aromatic carbocycles. The average Bonchev–Trinajstić information content (AvgIpc) is 3.14. The van der Waals surface area contributed by atoms with Gasteiger partial charge in [0.05, 0.1) is 5.92 Å². The third kappa shape index (κ3) is 3.73. The molecule has 9 heteroatoms. The van der Waals surface area contributed by atoms with E-state index in [2.05, 4.69) is 5.32 Å². The van der Waals surface area contributed by atoms with Gasteiger partial charge in [0, 0.05) is 13.1 Å². The topological polar surface area (TPSA) is 66.5 Å². The summed E-state index contributed by atoms with van der Waals surface area (Å²) >= 11 is 1.11. The standard InChI is InChI=1S/C16H16F2N2O3S2/c17-12-5-1-6-13(18)15(12)19-16(21)11-4-2-8-20(10-11)25(22,23)14-7-3-9-24-14/h1,3,5-7,9,11H,2,4,8,10H2,(H,19,21). The Bertz CT molecular complexity index is 849. The second kappa shape index (κ2) is 7.19. The molecule has 1 saturated heterocycles. The molecule has 3 rings (SSSR count). The molecule has 1 aliphatic heterocycles. The van der Waals surface area contributed by atoms with Crippen molar-refractivity contribution >= 4 is 33.0 Å². The zero-order valence-electron chi connectivity index (χ0n) is 13.1. The molecule has 1 fully saturated rings. The zero-order valence-corrected chi connectivity index (χ0v) is 14.7. The van der Waals surface area contributed by atoms with Crippen LogP contribution >= 0.6 is 11.3 Å². The number of piperidine rings is 1. The lowest BCUT2D eigenvalue weighted by Crippen LogP contribution is -2.43. The first-order valence-electron chi connectivity index (χ1n) is 7.68. The molecule has 5 nitrogen and oxygen atoms in total. The summed E-state index contributed by atoms with van der Waals surface area (Å²) in [7, 11) is -3.65. The first kappa shape index (κ1) is 18.0. The number of anilines is 1. The molecule has 0 saturated carbocycles. The Kier molecular flexibility index (Phi) is 5.16. The van der Waals surface area contributed by atoms with Crippen LogP contribution in [0.25, 0.3) is 0 Å². The van der Waals surface area contributed by atoms with E-state index in [-0.39, 0.29) is 10.8 Å². The van der Waals surface area contributed by atoms with Crippen molar-refractivity contribution in [2.45, 2.75) is 17.1 Å². The normalized spacial score (nSPS) is 18.9. The van der Waals surface area contributed by atoms with E-state index in [1.165, 1.54) is 16.4 Å². The fraction of sp³-hybridized carbons (Fsp3) is 0.312. The highest BCUT2D eigenvalue weighted by Crippen LogP contribution is 2.27. The number of hydrogen-bond acceptors (Lipinski definition) is 4. The minimum Gasteiger partial charge on any atom is -0.321 e. The molecule has 1 N–H and O–H groups in total. The molecule has 1 aromatic heterocycles. The fourth-order valence-corrected chi connectivity index (χ4v) is 5.42. The number of para-hydroxylation sites is 1. The highest BCUT2D eigenvalue weighted by atomic mass is 32.2. The van der Waals surface area contributed by atoms with Crippen LogP contribution in [0.1, 0.15) is 12.8 Å². The third-order valence-electron chi connectivity index (χ3n) is 4.06. The molecule has 25 heavy (non-hydrogen) atoms. The third-order valence-corrected chi connectivity index (χ3v) is 7.29. The molecule has 0 bridgehead atoms. The molecular weight excluding hydrogens is 370 g/mol. The van der Waals surface area contributed by atoms with Crippen LogP contribution in [-0.2, 0) is 14.8 Å². The van der Waals surface area contributed by atoms with Gasteiger partial charge in [-0.1, -0.05) is 12.1 Å². The highest BCUT2D eigenvalue weighted by molar-refractivity contribution is 7.91. The van der Waals surface area contributed by atoms with Gasteiger partial charge in [0.1, 0.15) is 21.5 Å². The van der Waals surface area contributed by atoms with Crippen molar-refractivity contribution in [1.29, 1.82) is 0 Å². The maximum Gasteiger partial charge on any atom is 0.252 e. The minimum absolute atomic E-state index is 0.0118. The minimum atomic E-state index is -3.65. The molecule has 1 atom stereocenters. The van der Waals surface area contributed by atoms with Crippen LogP contribution in [0, 0.1) is 17.6 Å². The van der Waals surface area contributed by atoms with Gasteiger partial charge in [-0.25, -0.2) is 17.2 Å². The van der Waals surface area contributed by atoms with Crippen molar-refractivity contribution in [3.05, 3.63) is 47.3 Å². The van der Waals surface area contributed by atoms with E-state index in [4.69, 9.17) is 0 Å². The summed E-state index contributed by atoms with van der Waals surface area (Å²) < 4.78 is 53.9. The zero-order chi connectivity index (χ0) is 18.0. The average molecular weight is 386 g/mol. The maximum absolute atomic E-state index is 13.7. The molecule has 0 aliphatic carbocycles. The summed E-state index contributed by atoms with van der Waals surface area (Å²) in [5, 5.41) is 3.92. The largest absolute Gasteiger partial charge is 0.321 e. The number of sulfonamides is 1. The van der Waals surface area contributed by atoms with E-state index < -0.39 is 39.2 Å². The van der Waals surface area contributed by atoms with Gasteiger partial charge in [0.25, 0.3) is 10.0 Å². The Morgan fingerprint density at radius 3 is 2.56 bits per heavy atom. The van der Waals surface area contributed by atoms with Crippen molar-refractivity contribution in [1.82, 2.24) is 4.31 Å². The van der Waals surface area contributed by atoms with Gasteiger partial charge < -0.3 is 5.32 Å². The Hall–Kier alpha value is -1.84. The summed E-state index contributed by atoms with van der Waals surface area (Å²) in [6.07, 6.45) is 0.959. The van der Waals surface area contributed by atoms with Gasteiger partial charge in [-0.3, -0.25) is 4.79 Å². The fourth-order valence-electron chi connectivity index (χ4n) is 2.75. The van der Waals surface area contributed by atoms with Crippen molar-refractivity contribution in [3.8, 4) is 0 Å². The van der Waals surface area contributed by atoms with E-state index >= 15 is 0 Å². The van der Waals surface area contributed by atoms with Crippen molar-refractivity contribution in [2.75, 3.05) is 18.4 Å². The summed E-state index contributed by atoms with van der Waals surface area (Å²) in [6.45, 7) is 0.306. The number of nitrogens with one attached hydrogen (secondary N) is 1. The molecular formula is C16H16F2N2O3S2. The number of halogens is 2. The number of carbonyl (C=O) groups excluding carboxylic acids is 1. The monoisotopic (exact) mass is 386 g/mol. The first-order chi connectivity index (χ1) is 11.9. The number of carbonyl (C=O) groups is 1. The van der Waals surface area contributed by atoms with E-state index in [9.17, 15) is 22.0 Å². The molecule has 2 heterocycles. The quantitative estimate of drug-likeness (QED) is 0.878. The lowest BCUT2D eigenvalue weighted by atomic mass is 9.98. The summed E-state index contributed by atoms with van der Waals surface area (Å²) in [6, 6.07) is 6.46. The van der Waals surface area contributed by atoms with Gasteiger partial charge in [0.2, 0.25) is 5.91 Å². The SMILES string of the molecule is O=C(Nc1c(F)cccc1F)C1CCCN(S(=O)(=O)c2cccs2)C1. The maximum atomic E-state index is 13.7. The van der Waals surface area contributed by atoms with Gasteiger partial charge in [0.15, 0.2) is 0 Å². The smallest absolute Gasteiger partial charge is 0.252 e. The van der Waals surface area contributed by atoms with Crippen molar-refractivity contribution < 1.29 is 22.0 Å².